The summed E-state index contributed by atoms with van der Waals surface area (Å²) in [5, 5.41) is 21.7. The third-order valence-electron chi connectivity index (χ3n) is 11.3. The number of hydrogen-bond acceptors (Lipinski definition) is 5. The molecule has 0 radical (unpaired) electrons. The summed E-state index contributed by atoms with van der Waals surface area (Å²) >= 11 is 0. The molecule has 4 saturated carbocycles. The number of carboxylic acids is 1. The Morgan fingerprint density at radius 1 is 1.06 bits per heavy atom. The summed E-state index contributed by atoms with van der Waals surface area (Å²) in [6, 6.07) is 0. The van der Waals surface area contributed by atoms with Crippen LogP contribution < -0.4 is 5.32 Å². The van der Waals surface area contributed by atoms with Gasteiger partial charge in [-0.1, -0.05) is 27.7 Å². The van der Waals surface area contributed by atoms with E-state index in [9.17, 15) is 19.5 Å². The van der Waals surface area contributed by atoms with Crippen molar-refractivity contribution in [1.29, 1.82) is 0 Å². The van der Waals surface area contributed by atoms with E-state index >= 15 is 0 Å². The molecular weight excluding hydrogens is 458 g/mol. The summed E-state index contributed by atoms with van der Waals surface area (Å²) in [5.41, 5.74) is 0.0899. The van der Waals surface area contributed by atoms with Crippen LogP contribution in [-0.2, 0) is 19.1 Å². The SMILES string of the molecule is CCC(=O)O[C@H]1C[C@H]2[C@@H](CC[C@@H]3C[C@H](O)CC[C@@]32C)[C@@H]2CC[C@H]([C@H](C)CCC(=O)NCC(=O)O)[C@@]12C. The first-order valence-corrected chi connectivity index (χ1v) is 14.4. The number of nitrogens with one attached hydrogen (secondary N) is 1. The number of fused-ring (bicyclic) bond motifs is 5. The van der Waals surface area contributed by atoms with Crippen molar-refractivity contribution >= 4 is 17.8 Å². The number of carbonyl (C=O) groups is 3. The third-order valence-corrected chi connectivity index (χ3v) is 11.3. The Labute approximate surface area is 216 Å². The van der Waals surface area contributed by atoms with Gasteiger partial charge in [0.05, 0.1) is 6.10 Å². The quantitative estimate of drug-likeness (QED) is 0.417. The fraction of sp³-hybridized carbons (Fsp3) is 0.897. The molecule has 10 atom stereocenters. The van der Waals surface area contributed by atoms with Gasteiger partial charge in [0.25, 0.3) is 0 Å². The Morgan fingerprint density at radius 2 is 1.81 bits per heavy atom. The van der Waals surface area contributed by atoms with Crippen molar-refractivity contribution in [3.63, 3.8) is 0 Å². The van der Waals surface area contributed by atoms with Crippen LogP contribution in [0.1, 0.15) is 98.3 Å². The lowest BCUT2D eigenvalue weighted by molar-refractivity contribution is -0.197. The van der Waals surface area contributed by atoms with E-state index < -0.39 is 5.97 Å². The first-order valence-electron chi connectivity index (χ1n) is 14.4. The van der Waals surface area contributed by atoms with Gasteiger partial charge in [-0.3, -0.25) is 14.4 Å². The van der Waals surface area contributed by atoms with E-state index in [4.69, 9.17) is 9.84 Å². The molecule has 0 aromatic carbocycles. The highest BCUT2D eigenvalue weighted by molar-refractivity contribution is 5.81. The molecular formula is C29H47NO6. The van der Waals surface area contributed by atoms with Crippen molar-refractivity contribution < 1.29 is 29.3 Å². The van der Waals surface area contributed by atoms with Gasteiger partial charge in [-0.05, 0) is 98.7 Å². The number of aliphatic hydroxyl groups is 1. The van der Waals surface area contributed by atoms with Crippen LogP contribution in [0.4, 0.5) is 0 Å². The van der Waals surface area contributed by atoms with Gasteiger partial charge in [-0.15, -0.1) is 0 Å². The van der Waals surface area contributed by atoms with Crippen molar-refractivity contribution in [3.05, 3.63) is 0 Å². The summed E-state index contributed by atoms with van der Waals surface area (Å²) in [7, 11) is 0. The molecule has 0 spiro atoms. The van der Waals surface area contributed by atoms with Crippen molar-refractivity contribution in [2.24, 2.45) is 46.3 Å². The molecule has 0 heterocycles. The maximum absolute atomic E-state index is 12.6. The maximum atomic E-state index is 12.6. The van der Waals surface area contributed by atoms with E-state index in [1.807, 2.05) is 6.92 Å². The molecule has 0 saturated heterocycles. The Morgan fingerprint density at radius 3 is 2.50 bits per heavy atom. The Kier molecular flexibility index (Phi) is 8.09. The van der Waals surface area contributed by atoms with Crippen LogP contribution in [0.2, 0.25) is 0 Å². The second kappa shape index (κ2) is 10.6. The monoisotopic (exact) mass is 505 g/mol. The van der Waals surface area contributed by atoms with Crippen LogP contribution >= 0.6 is 0 Å². The number of carboxylic acid groups (broad SMARTS) is 1. The number of esters is 1. The number of aliphatic hydroxyl groups excluding tert-OH is 1. The average molecular weight is 506 g/mol. The van der Waals surface area contributed by atoms with Crippen molar-refractivity contribution in [2.45, 2.75) is 111 Å². The third kappa shape index (κ3) is 4.93. The zero-order chi connectivity index (χ0) is 26.3. The number of rotatable bonds is 8. The molecule has 1 amide bonds. The van der Waals surface area contributed by atoms with Crippen molar-refractivity contribution in [1.82, 2.24) is 5.32 Å². The zero-order valence-electron chi connectivity index (χ0n) is 22.6. The van der Waals surface area contributed by atoms with E-state index in [2.05, 4.69) is 26.1 Å². The first-order chi connectivity index (χ1) is 17.0. The largest absolute Gasteiger partial charge is 0.480 e. The van der Waals surface area contributed by atoms with Gasteiger partial charge < -0.3 is 20.3 Å². The van der Waals surface area contributed by atoms with Crippen LogP contribution in [0.5, 0.6) is 0 Å². The fourth-order valence-electron chi connectivity index (χ4n) is 9.37. The number of carbonyl (C=O) groups excluding carboxylic acids is 2. The molecule has 0 bridgehead atoms. The smallest absolute Gasteiger partial charge is 0.322 e. The Hall–Kier alpha value is -1.63. The molecule has 4 rings (SSSR count). The highest BCUT2D eigenvalue weighted by atomic mass is 16.5. The first kappa shape index (κ1) is 27.4. The van der Waals surface area contributed by atoms with E-state index in [-0.39, 0.29) is 47.4 Å². The molecule has 7 heteroatoms. The Bertz CT molecular complexity index is 846. The van der Waals surface area contributed by atoms with Gasteiger partial charge in [0, 0.05) is 18.3 Å². The van der Waals surface area contributed by atoms with Gasteiger partial charge in [0.15, 0.2) is 0 Å². The molecule has 4 aliphatic carbocycles. The summed E-state index contributed by atoms with van der Waals surface area (Å²) in [4.78, 5) is 35.6. The highest BCUT2D eigenvalue weighted by Crippen LogP contribution is 2.69. The van der Waals surface area contributed by atoms with E-state index in [1.165, 1.54) is 12.8 Å². The van der Waals surface area contributed by atoms with Gasteiger partial charge in [-0.2, -0.15) is 0 Å². The zero-order valence-corrected chi connectivity index (χ0v) is 22.6. The van der Waals surface area contributed by atoms with Gasteiger partial charge >= 0.3 is 11.9 Å². The van der Waals surface area contributed by atoms with Gasteiger partial charge in [-0.25, -0.2) is 0 Å². The lowest BCUT2D eigenvalue weighted by atomic mass is 9.43. The molecule has 4 aliphatic rings. The summed E-state index contributed by atoms with van der Waals surface area (Å²) in [6.07, 6.45) is 9.47. The molecule has 0 aromatic heterocycles. The minimum absolute atomic E-state index is 0.111. The lowest BCUT2D eigenvalue weighted by Crippen LogP contribution is -2.59. The van der Waals surface area contributed by atoms with Crippen LogP contribution in [-0.4, -0.2) is 46.8 Å². The molecule has 4 fully saturated rings. The van der Waals surface area contributed by atoms with Crippen molar-refractivity contribution in [3.8, 4) is 0 Å². The fourth-order valence-corrected chi connectivity index (χ4v) is 9.37. The summed E-state index contributed by atoms with van der Waals surface area (Å²) < 4.78 is 6.29. The second-order valence-electron chi connectivity index (χ2n) is 12.9. The molecule has 36 heavy (non-hydrogen) atoms. The predicted octanol–water partition coefficient (Wildman–Crippen LogP) is 4.56. The normalized spacial score (nSPS) is 42.4. The molecule has 204 valence electrons. The molecule has 0 unspecified atom stereocenters. The lowest BCUT2D eigenvalue weighted by Gasteiger charge is -2.62. The van der Waals surface area contributed by atoms with E-state index in [0.717, 1.165) is 38.5 Å². The molecule has 0 aliphatic heterocycles. The number of aliphatic carboxylic acids is 1. The van der Waals surface area contributed by atoms with Crippen LogP contribution in [0.25, 0.3) is 0 Å². The molecule has 3 N–H and O–H groups in total. The molecule has 0 aromatic rings. The Balaban J connectivity index is 1.55. The minimum Gasteiger partial charge on any atom is -0.480 e. The van der Waals surface area contributed by atoms with Crippen LogP contribution in [0.15, 0.2) is 0 Å². The highest BCUT2D eigenvalue weighted by Gasteiger charge is 2.65. The number of hydrogen-bond donors (Lipinski definition) is 3. The van der Waals surface area contributed by atoms with E-state index in [1.54, 1.807) is 0 Å². The number of ether oxygens (including phenoxy) is 1. The van der Waals surface area contributed by atoms with Crippen LogP contribution in [0.3, 0.4) is 0 Å². The average Bonchev–Trinajstić information content (AvgIpc) is 3.20. The molecule has 7 nitrogen and oxygen atoms in total. The maximum Gasteiger partial charge on any atom is 0.322 e. The van der Waals surface area contributed by atoms with E-state index in [0.29, 0.717) is 48.9 Å². The second-order valence-corrected chi connectivity index (χ2v) is 12.9. The minimum atomic E-state index is -1.03. The number of amides is 1. The van der Waals surface area contributed by atoms with Gasteiger partial charge in [0.2, 0.25) is 5.91 Å². The summed E-state index contributed by atoms with van der Waals surface area (Å²) in [6.45, 7) is 8.55. The standard InChI is InChI=1S/C29H47NO6/c1-5-27(35)36-24-15-23-20(8-7-18-14-19(31)12-13-28(18,23)3)22-10-9-21(29(22,24)4)17(2)6-11-25(32)30-16-26(33)34/h17-24,31H,5-16H2,1-4H3,(H,30,32)(H,33,34)/t17-,18-,19-,20+,21-,22+,23+,24+,28+,29-/m1/s1. The predicted molar refractivity (Wildman–Crippen MR) is 136 cm³/mol. The summed E-state index contributed by atoms with van der Waals surface area (Å²) in [5.74, 6) is 1.48. The topological polar surface area (TPSA) is 113 Å². The van der Waals surface area contributed by atoms with Crippen molar-refractivity contribution in [2.75, 3.05) is 6.54 Å². The van der Waals surface area contributed by atoms with Crippen LogP contribution in [0, 0.1) is 46.3 Å². The van der Waals surface area contributed by atoms with Gasteiger partial charge in [0.1, 0.15) is 12.6 Å².